The number of benzene rings is 2. The molecule has 0 aliphatic rings. The van der Waals surface area contributed by atoms with Crippen LogP contribution in [0.15, 0.2) is 48.5 Å². The summed E-state index contributed by atoms with van der Waals surface area (Å²) >= 11 is 12.3. The molecule has 2 atom stereocenters. The lowest BCUT2D eigenvalue weighted by molar-refractivity contribution is -0.140. The molecule has 0 heterocycles. The van der Waals surface area contributed by atoms with E-state index in [-0.39, 0.29) is 24.3 Å². The minimum atomic E-state index is -0.527. The minimum absolute atomic E-state index is 0.0586. The molecule has 2 aromatic carbocycles. The molecule has 2 amide bonds. The quantitative estimate of drug-likeness (QED) is 0.535. The molecule has 0 fully saturated rings. The molecule has 4 nitrogen and oxygen atoms in total. The average molecular weight is 449 g/mol. The first kappa shape index (κ1) is 24.2. The molecule has 0 spiro atoms. The van der Waals surface area contributed by atoms with Crippen LogP contribution in [0.5, 0.6) is 0 Å². The minimum Gasteiger partial charge on any atom is -0.352 e. The first-order valence-electron chi connectivity index (χ1n) is 10.4. The van der Waals surface area contributed by atoms with Crippen molar-refractivity contribution in [3.63, 3.8) is 0 Å². The summed E-state index contributed by atoms with van der Waals surface area (Å²) < 4.78 is 0. The summed E-state index contributed by atoms with van der Waals surface area (Å²) in [4.78, 5) is 27.9. The number of amides is 2. The molecule has 1 N–H and O–H groups in total. The van der Waals surface area contributed by atoms with Crippen LogP contribution in [0.1, 0.15) is 44.7 Å². The fourth-order valence-corrected chi connectivity index (χ4v) is 3.74. The summed E-state index contributed by atoms with van der Waals surface area (Å²) in [6.45, 7) is 6.38. The maximum Gasteiger partial charge on any atom is 0.243 e. The van der Waals surface area contributed by atoms with E-state index in [1.54, 1.807) is 23.1 Å². The highest BCUT2D eigenvalue weighted by molar-refractivity contribution is 6.35. The van der Waals surface area contributed by atoms with E-state index in [0.29, 0.717) is 35.0 Å². The fraction of sp³-hybridized carbons (Fsp3) is 0.417. The van der Waals surface area contributed by atoms with Gasteiger partial charge in [-0.3, -0.25) is 9.59 Å². The van der Waals surface area contributed by atoms with Gasteiger partial charge in [-0.1, -0.05) is 73.4 Å². The van der Waals surface area contributed by atoms with Crippen molar-refractivity contribution in [1.29, 1.82) is 0 Å². The standard InChI is InChI=1S/C24H30Cl2N2O2/c1-4-17(3)27-24(30)22(5-2)28(14-13-18-9-7-6-8-10-18)23(29)15-19-11-12-20(25)16-21(19)26/h6-12,16-17,22H,4-5,13-15H2,1-3H3,(H,27,30)/t17-,22+/m1/s1. The first-order chi connectivity index (χ1) is 14.3. The molecule has 6 heteroatoms. The highest BCUT2D eigenvalue weighted by Gasteiger charge is 2.29. The van der Waals surface area contributed by atoms with E-state index in [9.17, 15) is 9.59 Å². The number of carbonyl (C=O) groups is 2. The summed E-state index contributed by atoms with van der Waals surface area (Å²) in [5, 5.41) is 4.00. The fourth-order valence-electron chi connectivity index (χ4n) is 3.27. The Morgan fingerprint density at radius 3 is 2.33 bits per heavy atom. The second kappa shape index (κ2) is 12.0. The molecule has 2 aromatic rings. The van der Waals surface area contributed by atoms with E-state index in [0.717, 1.165) is 12.0 Å². The summed E-state index contributed by atoms with van der Waals surface area (Å²) in [6.07, 6.45) is 2.17. The molecule has 0 aromatic heterocycles. The molecule has 0 unspecified atom stereocenters. The lowest BCUT2D eigenvalue weighted by Crippen LogP contribution is -2.52. The Labute approximate surface area is 189 Å². The number of hydrogen-bond acceptors (Lipinski definition) is 2. The van der Waals surface area contributed by atoms with Gasteiger partial charge in [-0.25, -0.2) is 0 Å². The van der Waals surface area contributed by atoms with Gasteiger partial charge in [-0.2, -0.15) is 0 Å². The van der Waals surface area contributed by atoms with Crippen LogP contribution in [0.3, 0.4) is 0 Å². The zero-order valence-electron chi connectivity index (χ0n) is 17.8. The molecule has 30 heavy (non-hydrogen) atoms. The van der Waals surface area contributed by atoms with Gasteiger partial charge in [0.05, 0.1) is 6.42 Å². The van der Waals surface area contributed by atoms with E-state index in [2.05, 4.69) is 5.32 Å². The van der Waals surface area contributed by atoms with Crippen molar-refractivity contribution in [3.05, 3.63) is 69.7 Å². The molecule has 0 aliphatic carbocycles. The topological polar surface area (TPSA) is 49.4 Å². The highest BCUT2D eigenvalue weighted by atomic mass is 35.5. The summed E-state index contributed by atoms with van der Waals surface area (Å²) in [5.74, 6) is -0.239. The molecule has 0 bridgehead atoms. The van der Waals surface area contributed by atoms with E-state index >= 15 is 0 Å². The molecule has 0 aliphatic heterocycles. The number of halogens is 2. The van der Waals surface area contributed by atoms with Gasteiger partial charge < -0.3 is 10.2 Å². The summed E-state index contributed by atoms with van der Waals surface area (Å²) in [7, 11) is 0. The Kier molecular flexibility index (Phi) is 9.67. The maximum atomic E-state index is 13.3. The number of nitrogens with one attached hydrogen (secondary N) is 1. The van der Waals surface area contributed by atoms with Gasteiger partial charge in [-0.15, -0.1) is 0 Å². The smallest absolute Gasteiger partial charge is 0.243 e. The molecule has 162 valence electrons. The molecular weight excluding hydrogens is 419 g/mol. The second-order valence-corrected chi connectivity index (χ2v) is 8.32. The number of hydrogen-bond donors (Lipinski definition) is 1. The van der Waals surface area contributed by atoms with Crippen molar-refractivity contribution >= 4 is 35.0 Å². The van der Waals surface area contributed by atoms with Crippen molar-refractivity contribution in [1.82, 2.24) is 10.2 Å². The lowest BCUT2D eigenvalue weighted by atomic mass is 10.1. The third-order valence-corrected chi connectivity index (χ3v) is 5.81. The lowest BCUT2D eigenvalue weighted by Gasteiger charge is -2.31. The van der Waals surface area contributed by atoms with Crippen molar-refractivity contribution in [2.24, 2.45) is 0 Å². The maximum absolute atomic E-state index is 13.3. The Morgan fingerprint density at radius 2 is 1.73 bits per heavy atom. The van der Waals surface area contributed by atoms with Crippen LogP contribution in [-0.4, -0.2) is 35.3 Å². The summed E-state index contributed by atoms with van der Waals surface area (Å²) in [5.41, 5.74) is 1.82. The number of nitrogens with zero attached hydrogens (tertiary/aromatic N) is 1. The number of carbonyl (C=O) groups excluding carboxylic acids is 2. The first-order valence-corrected chi connectivity index (χ1v) is 11.2. The third kappa shape index (κ3) is 7.03. The molecular formula is C24H30Cl2N2O2. The van der Waals surface area contributed by atoms with Crippen LogP contribution in [-0.2, 0) is 22.4 Å². The Morgan fingerprint density at radius 1 is 1.03 bits per heavy atom. The van der Waals surface area contributed by atoms with Gasteiger partial charge in [0.25, 0.3) is 0 Å². The van der Waals surface area contributed by atoms with Gasteiger partial charge in [0.2, 0.25) is 11.8 Å². The van der Waals surface area contributed by atoms with Gasteiger partial charge in [0, 0.05) is 22.6 Å². The largest absolute Gasteiger partial charge is 0.352 e. The molecule has 2 rings (SSSR count). The number of rotatable bonds is 10. The van der Waals surface area contributed by atoms with Crippen molar-refractivity contribution in [2.45, 2.75) is 58.5 Å². The van der Waals surface area contributed by atoms with Gasteiger partial charge in [-0.05, 0) is 49.4 Å². The van der Waals surface area contributed by atoms with E-state index < -0.39 is 6.04 Å². The zero-order chi connectivity index (χ0) is 22.1. The highest BCUT2D eigenvalue weighted by Crippen LogP contribution is 2.22. The van der Waals surface area contributed by atoms with Crippen molar-refractivity contribution in [3.8, 4) is 0 Å². The predicted octanol–water partition coefficient (Wildman–Crippen LogP) is 5.30. The van der Waals surface area contributed by atoms with Crippen LogP contribution < -0.4 is 5.32 Å². The van der Waals surface area contributed by atoms with Crippen molar-refractivity contribution in [2.75, 3.05) is 6.54 Å². The van der Waals surface area contributed by atoms with Crippen LogP contribution in [0.25, 0.3) is 0 Å². The Balaban J connectivity index is 2.23. The van der Waals surface area contributed by atoms with E-state index in [4.69, 9.17) is 23.2 Å². The summed E-state index contributed by atoms with van der Waals surface area (Å²) in [6, 6.07) is 14.6. The zero-order valence-corrected chi connectivity index (χ0v) is 19.3. The Bertz CT molecular complexity index is 842. The SMILES string of the molecule is CC[C@@H](C)NC(=O)[C@H](CC)N(CCc1ccccc1)C(=O)Cc1ccc(Cl)cc1Cl. The normalized spacial score (nSPS) is 12.8. The van der Waals surface area contributed by atoms with E-state index in [1.807, 2.05) is 51.1 Å². The van der Waals surface area contributed by atoms with E-state index in [1.165, 1.54) is 0 Å². The van der Waals surface area contributed by atoms with Gasteiger partial charge >= 0.3 is 0 Å². The van der Waals surface area contributed by atoms with Crippen molar-refractivity contribution < 1.29 is 9.59 Å². The average Bonchev–Trinajstić information content (AvgIpc) is 2.73. The molecule has 0 saturated heterocycles. The third-order valence-electron chi connectivity index (χ3n) is 5.23. The van der Waals surface area contributed by atoms with Crippen LogP contribution in [0.2, 0.25) is 10.0 Å². The van der Waals surface area contributed by atoms with Crippen LogP contribution in [0, 0.1) is 0 Å². The second-order valence-electron chi connectivity index (χ2n) is 7.48. The monoisotopic (exact) mass is 448 g/mol. The van der Waals surface area contributed by atoms with Crippen LogP contribution in [0.4, 0.5) is 0 Å². The van der Waals surface area contributed by atoms with Gasteiger partial charge in [0.1, 0.15) is 6.04 Å². The van der Waals surface area contributed by atoms with Crippen LogP contribution >= 0.6 is 23.2 Å². The molecule has 0 radical (unpaired) electrons. The van der Waals surface area contributed by atoms with Gasteiger partial charge in [0.15, 0.2) is 0 Å². The molecule has 0 saturated carbocycles. The predicted molar refractivity (Wildman–Crippen MR) is 124 cm³/mol. The Hall–Kier alpha value is -2.04.